The lowest BCUT2D eigenvalue weighted by atomic mass is 9.90. The summed E-state index contributed by atoms with van der Waals surface area (Å²) < 4.78 is 15.1. The second-order valence-corrected chi connectivity index (χ2v) is 6.20. The minimum atomic E-state index is -0.0989. The van der Waals surface area contributed by atoms with Gasteiger partial charge in [0.05, 0.1) is 0 Å². The molecule has 1 aliphatic rings. The number of benzene rings is 1. The summed E-state index contributed by atoms with van der Waals surface area (Å²) in [5, 5.41) is 3.36. The van der Waals surface area contributed by atoms with E-state index in [4.69, 9.17) is 0 Å². The van der Waals surface area contributed by atoms with Crippen LogP contribution in [0.25, 0.3) is 0 Å². The average molecular weight is 402 g/mol. The lowest BCUT2D eigenvalue weighted by Gasteiger charge is -2.38. The first-order chi connectivity index (χ1) is 9.13. The van der Waals surface area contributed by atoms with Crippen molar-refractivity contribution >= 4 is 40.7 Å². The molecule has 1 fully saturated rings. The van der Waals surface area contributed by atoms with Gasteiger partial charge in [0.15, 0.2) is 0 Å². The predicted octanol–water partition coefficient (Wildman–Crippen LogP) is 4.42. The van der Waals surface area contributed by atoms with Crippen molar-refractivity contribution < 1.29 is 4.39 Å². The van der Waals surface area contributed by atoms with Crippen LogP contribution in [0.1, 0.15) is 31.9 Å². The predicted molar refractivity (Wildman–Crippen MR) is 95.2 cm³/mol. The van der Waals surface area contributed by atoms with E-state index in [1.165, 1.54) is 0 Å². The van der Waals surface area contributed by atoms with E-state index in [0.29, 0.717) is 5.92 Å². The van der Waals surface area contributed by atoms with E-state index in [-0.39, 0.29) is 36.7 Å². The number of piperazine rings is 1. The molecule has 0 amide bonds. The molecule has 2 nitrogen and oxygen atoms in total. The Kier molecular flexibility index (Phi) is 10.1. The van der Waals surface area contributed by atoms with Gasteiger partial charge in [0.2, 0.25) is 0 Å². The van der Waals surface area contributed by atoms with Gasteiger partial charge in [-0.2, -0.15) is 0 Å². The molecular weight excluding hydrogens is 378 g/mol. The highest BCUT2D eigenvalue weighted by molar-refractivity contribution is 9.10. The average Bonchev–Trinajstić information content (AvgIpc) is 2.42. The largest absolute Gasteiger partial charge is 0.314 e. The molecule has 0 spiro atoms. The molecule has 1 aromatic rings. The standard InChI is InChI=1S/C15H22BrFN2.2ClH/c1-3-11(2)15(19-8-6-18-7-9-19)13-5-4-12(16)10-14(13)17;;/h4-5,10-11,15,18H,3,6-9H2,1-2H3;2*1H/t11?,15-;;/m1../s1. The van der Waals surface area contributed by atoms with Gasteiger partial charge < -0.3 is 5.32 Å². The van der Waals surface area contributed by atoms with Crippen LogP contribution >= 0.6 is 40.7 Å². The Bertz CT molecular complexity index is 428. The van der Waals surface area contributed by atoms with Gasteiger partial charge in [0.1, 0.15) is 5.82 Å². The van der Waals surface area contributed by atoms with E-state index in [0.717, 1.165) is 42.6 Å². The van der Waals surface area contributed by atoms with Crippen molar-refractivity contribution in [1.29, 1.82) is 0 Å². The van der Waals surface area contributed by atoms with E-state index in [1.807, 2.05) is 12.1 Å². The maximum Gasteiger partial charge on any atom is 0.129 e. The zero-order valence-electron chi connectivity index (χ0n) is 12.4. The van der Waals surface area contributed by atoms with Crippen molar-refractivity contribution in [3.05, 3.63) is 34.1 Å². The molecule has 2 rings (SSSR count). The van der Waals surface area contributed by atoms with E-state index < -0.39 is 0 Å². The summed E-state index contributed by atoms with van der Waals surface area (Å²) >= 11 is 3.33. The fourth-order valence-corrected chi connectivity index (χ4v) is 3.12. The molecule has 0 aromatic heterocycles. The molecule has 1 heterocycles. The molecule has 0 aliphatic carbocycles. The first kappa shape index (κ1) is 21.1. The summed E-state index contributed by atoms with van der Waals surface area (Å²) in [4.78, 5) is 2.41. The van der Waals surface area contributed by atoms with E-state index in [1.54, 1.807) is 6.07 Å². The SMILES string of the molecule is CCC(C)[C@H](c1ccc(Br)cc1F)N1CCNCC1.Cl.Cl. The monoisotopic (exact) mass is 400 g/mol. The van der Waals surface area contributed by atoms with Crippen LogP contribution in [0.5, 0.6) is 0 Å². The summed E-state index contributed by atoms with van der Waals surface area (Å²) in [6.45, 7) is 8.36. The topological polar surface area (TPSA) is 15.3 Å². The zero-order chi connectivity index (χ0) is 13.8. The van der Waals surface area contributed by atoms with Crippen molar-refractivity contribution in [2.75, 3.05) is 26.2 Å². The minimum Gasteiger partial charge on any atom is -0.314 e. The molecular formula is C15H24BrCl2FN2. The molecule has 1 aliphatic heterocycles. The van der Waals surface area contributed by atoms with Crippen molar-refractivity contribution in [2.24, 2.45) is 5.92 Å². The third-order valence-electron chi connectivity index (χ3n) is 4.01. The second kappa shape index (κ2) is 10.0. The van der Waals surface area contributed by atoms with Gasteiger partial charge in [-0.05, 0) is 18.1 Å². The normalized spacial score (nSPS) is 18.3. The first-order valence-electron chi connectivity index (χ1n) is 7.03. The van der Waals surface area contributed by atoms with Crippen LogP contribution in [0, 0.1) is 11.7 Å². The van der Waals surface area contributed by atoms with E-state index in [2.05, 4.69) is 40.0 Å². The fourth-order valence-electron chi connectivity index (χ4n) is 2.79. The molecule has 1 N–H and O–H groups in total. The number of nitrogens with one attached hydrogen (secondary N) is 1. The number of rotatable bonds is 4. The highest BCUT2D eigenvalue weighted by atomic mass is 79.9. The number of halogens is 4. The van der Waals surface area contributed by atoms with Crippen molar-refractivity contribution in [3.63, 3.8) is 0 Å². The Morgan fingerprint density at radius 1 is 1.29 bits per heavy atom. The Morgan fingerprint density at radius 3 is 2.43 bits per heavy atom. The maximum absolute atomic E-state index is 14.3. The Morgan fingerprint density at radius 2 is 1.90 bits per heavy atom. The molecule has 1 unspecified atom stereocenters. The molecule has 1 saturated heterocycles. The number of hydrogen-bond donors (Lipinski definition) is 1. The van der Waals surface area contributed by atoms with Crippen LogP contribution in [-0.4, -0.2) is 31.1 Å². The number of nitrogens with zero attached hydrogens (tertiary/aromatic N) is 1. The Balaban J connectivity index is 0.00000200. The van der Waals surface area contributed by atoms with Crippen molar-refractivity contribution in [2.45, 2.75) is 26.3 Å². The molecule has 122 valence electrons. The van der Waals surface area contributed by atoms with Crippen LogP contribution in [0.15, 0.2) is 22.7 Å². The molecule has 6 heteroatoms. The van der Waals surface area contributed by atoms with Gasteiger partial charge in [0, 0.05) is 42.3 Å². The van der Waals surface area contributed by atoms with Gasteiger partial charge in [-0.15, -0.1) is 24.8 Å². The van der Waals surface area contributed by atoms with Crippen LogP contribution in [0.3, 0.4) is 0 Å². The molecule has 0 radical (unpaired) electrons. The lowest BCUT2D eigenvalue weighted by molar-refractivity contribution is 0.125. The highest BCUT2D eigenvalue weighted by Gasteiger charge is 2.28. The van der Waals surface area contributed by atoms with Crippen LogP contribution in [0.4, 0.5) is 4.39 Å². The summed E-state index contributed by atoms with van der Waals surface area (Å²) in [5.41, 5.74) is 0.833. The van der Waals surface area contributed by atoms with Gasteiger partial charge in [-0.25, -0.2) is 4.39 Å². The molecule has 0 saturated carbocycles. The van der Waals surface area contributed by atoms with Crippen LogP contribution < -0.4 is 5.32 Å². The summed E-state index contributed by atoms with van der Waals surface area (Å²) in [5.74, 6) is 0.354. The van der Waals surface area contributed by atoms with E-state index in [9.17, 15) is 4.39 Å². The van der Waals surface area contributed by atoms with Gasteiger partial charge in [-0.3, -0.25) is 4.90 Å². The minimum absolute atomic E-state index is 0. The lowest BCUT2D eigenvalue weighted by Crippen LogP contribution is -2.46. The van der Waals surface area contributed by atoms with Gasteiger partial charge in [0.25, 0.3) is 0 Å². The van der Waals surface area contributed by atoms with E-state index >= 15 is 0 Å². The number of hydrogen-bond acceptors (Lipinski definition) is 2. The van der Waals surface area contributed by atoms with Gasteiger partial charge in [-0.1, -0.05) is 42.3 Å². The van der Waals surface area contributed by atoms with Crippen molar-refractivity contribution in [3.8, 4) is 0 Å². The summed E-state index contributed by atoms with van der Waals surface area (Å²) in [6.07, 6.45) is 1.06. The second-order valence-electron chi connectivity index (χ2n) is 5.28. The quantitative estimate of drug-likeness (QED) is 0.802. The Labute approximate surface area is 147 Å². The molecule has 2 atom stereocenters. The molecule has 21 heavy (non-hydrogen) atoms. The summed E-state index contributed by atoms with van der Waals surface area (Å²) in [6, 6.07) is 5.63. The van der Waals surface area contributed by atoms with Crippen LogP contribution in [0.2, 0.25) is 0 Å². The third-order valence-corrected chi connectivity index (χ3v) is 4.50. The fraction of sp³-hybridized carbons (Fsp3) is 0.600. The zero-order valence-corrected chi connectivity index (χ0v) is 15.7. The third kappa shape index (κ3) is 5.36. The maximum atomic E-state index is 14.3. The molecule has 0 bridgehead atoms. The van der Waals surface area contributed by atoms with Crippen LogP contribution in [-0.2, 0) is 0 Å². The summed E-state index contributed by atoms with van der Waals surface area (Å²) in [7, 11) is 0. The van der Waals surface area contributed by atoms with Crippen molar-refractivity contribution in [1.82, 2.24) is 10.2 Å². The smallest absolute Gasteiger partial charge is 0.129 e. The molecule has 1 aromatic carbocycles. The highest BCUT2D eigenvalue weighted by Crippen LogP contribution is 2.33. The van der Waals surface area contributed by atoms with Gasteiger partial charge >= 0.3 is 0 Å². The first-order valence-corrected chi connectivity index (χ1v) is 7.82. The Hall–Kier alpha value is 0.130.